The van der Waals surface area contributed by atoms with Crippen molar-refractivity contribution in [3.8, 4) is 0 Å². The molecule has 142 valence electrons. The number of nitrogens with one attached hydrogen (secondary N) is 1. The second kappa shape index (κ2) is 8.65. The summed E-state index contributed by atoms with van der Waals surface area (Å²) >= 11 is 0. The summed E-state index contributed by atoms with van der Waals surface area (Å²) < 4.78 is 19.1. The summed E-state index contributed by atoms with van der Waals surface area (Å²) in [6, 6.07) is 5.49. The van der Waals surface area contributed by atoms with Crippen molar-refractivity contribution >= 4 is 29.5 Å². The van der Waals surface area contributed by atoms with Gasteiger partial charge < -0.3 is 23.9 Å². The number of aryl methyl sites for hydroxylation is 1. The molecule has 2 aromatic rings. The third-order valence-corrected chi connectivity index (χ3v) is 3.44. The molecule has 1 amide bonds. The van der Waals surface area contributed by atoms with Gasteiger partial charge in [0.2, 0.25) is 5.76 Å². The first-order valence-corrected chi connectivity index (χ1v) is 7.68. The summed E-state index contributed by atoms with van der Waals surface area (Å²) in [5.74, 6) is -2.85. The third-order valence-electron chi connectivity index (χ3n) is 3.44. The van der Waals surface area contributed by atoms with Gasteiger partial charge in [-0.05, 0) is 31.2 Å². The minimum atomic E-state index is -0.786. The van der Waals surface area contributed by atoms with Crippen molar-refractivity contribution in [2.75, 3.05) is 26.1 Å². The molecule has 0 spiro atoms. The Morgan fingerprint density at radius 2 is 1.56 bits per heavy atom. The molecule has 0 unspecified atom stereocenters. The quantitative estimate of drug-likeness (QED) is 0.601. The van der Waals surface area contributed by atoms with E-state index in [9.17, 15) is 19.2 Å². The maximum absolute atomic E-state index is 12.0. The molecule has 1 aromatic carbocycles. The van der Waals surface area contributed by atoms with Crippen molar-refractivity contribution in [3.63, 3.8) is 0 Å². The molecule has 1 N–H and O–H groups in total. The first-order valence-electron chi connectivity index (χ1n) is 7.68. The lowest BCUT2D eigenvalue weighted by molar-refractivity contribution is -0.119. The van der Waals surface area contributed by atoms with Crippen LogP contribution in [-0.4, -0.2) is 44.6 Å². The van der Waals surface area contributed by atoms with Crippen LogP contribution in [0.5, 0.6) is 0 Å². The van der Waals surface area contributed by atoms with Crippen LogP contribution in [0.1, 0.15) is 36.8 Å². The number of carbonyl (C=O) groups excluding carboxylic acids is 4. The van der Waals surface area contributed by atoms with E-state index in [1.165, 1.54) is 38.7 Å². The molecule has 0 saturated carbocycles. The molecule has 0 fully saturated rings. The van der Waals surface area contributed by atoms with Gasteiger partial charge in [-0.25, -0.2) is 14.4 Å². The molecule has 0 bridgehead atoms. The summed E-state index contributed by atoms with van der Waals surface area (Å²) in [6.07, 6.45) is 1.33. The number of anilines is 1. The van der Waals surface area contributed by atoms with Crippen molar-refractivity contribution in [1.82, 2.24) is 0 Å². The summed E-state index contributed by atoms with van der Waals surface area (Å²) in [5, 5.41) is 2.43. The zero-order valence-electron chi connectivity index (χ0n) is 14.9. The molecule has 1 heterocycles. The topological polar surface area (TPSA) is 121 Å². The summed E-state index contributed by atoms with van der Waals surface area (Å²) in [5.41, 5.74) is 0.792. The number of amides is 1. The van der Waals surface area contributed by atoms with E-state index in [2.05, 4.69) is 14.8 Å². The van der Waals surface area contributed by atoms with E-state index < -0.39 is 30.4 Å². The molecule has 27 heavy (non-hydrogen) atoms. The van der Waals surface area contributed by atoms with Crippen LogP contribution in [-0.2, 0) is 19.0 Å². The first kappa shape index (κ1) is 19.7. The van der Waals surface area contributed by atoms with Crippen molar-refractivity contribution in [2.45, 2.75) is 6.92 Å². The highest BCUT2D eigenvalue weighted by Crippen LogP contribution is 2.17. The summed E-state index contributed by atoms with van der Waals surface area (Å²) in [7, 11) is 2.36. The van der Waals surface area contributed by atoms with Crippen LogP contribution in [0.25, 0.3) is 0 Å². The molecule has 0 atom stereocenters. The number of methoxy groups -OCH3 is 2. The van der Waals surface area contributed by atoms with E-state index in [1.54, 1.807) is 13.0 Å². The van der Waals surface area contributed by atoms with Gasteiger partial charge in [-0.15, -0.1) is 0 Å². The maximum atomic E-state index is 12.0. The predicted octanol–water partition coefficient (Wildman–Crippen LogP) is 1.96. The minimum absolute atomic E-state index is 0.00321. The largest absolute Gasteiger partial charge is 0.465 e. The van der Waals surface area contributed by atoms with Crippen LogP contribution in [0, 0.1) is 6.92 Å². The molecular weight excluding hydrogens is 358 g/mol. The number of ether oxygens (including phenoxy) is 3. The van der Waals surface area contributed by atoms with E-state index >= 15 is 0 Å². The fourth-order valence-electron chi connectivity index (χ4n) is 2.15. The first-order chi connectivity index (χ1) is 12.8. The van der Waals surface area contributed by atoms with Gasteiger partial charge >= 0.3 is 17.9 Å². The molecule has 0 aliphatic heterocycles. The van der Waals surface area contributed by atoms with E-state index in [0.717, 1.165) is 0 Å². The number of esters is 3. The van der Waals surface area contributed by atoms with E-state index in [-0.39, 0.29) is 22.6 Å². The number of hydrogen-bond acceptors (Lipinski definition) is 8. The van der Waals surface area contributed by atoms with Gasteiger partial charge in [-0.1, -0.05) is 0 Å². The zero-order valence-corrected chi connectivity index (χ0v) is 14.9. The van der Waals surface area contributed by atoms with Gasteiger partial charge in [0.25, 0.3) is 5.91 Å². The van der Waals surface area contributed by atoms with Crippen LogP contribution in [0.2, 0.25) is 0 Å². The lowest BCUT2D eigenvalue weighted by Crippen LogP contribution is -2.21. The zero-order chi connectivity index (χ0) is 20.0. The van der Waals surface area contributed by atoms with Gasteiger partial charge in [0, 0.05) is 11.3 Å². The van der Waals surface area contributed by atoms with Gasteiger partial charge in [0.15, 0.2) is 6.61 Å². The Bertz CT molecular complexity index is 849. The predicted molar refractivity (Wildman–Crippen MR) is 91.5 cm³/mol. The highest BCUT2D eigenvalue weighted by molar-refractivity contribution is 6.00. The Morgan fingerprint density at radius 1 is 0.963 bits per heavy atom. The smallest absolute Gasteiger partial charge is 0.375 e. The van der Waals surface area contributed by atoms with Gasteiger partial charge in [0.1, 0.15) is 0 Å². The molecule has 1 aromatic heterocycles. The average Bonchev–Trinajstić information content (AvgIpc) is 3.10. The highest BCUT2D eigenvalue weighted by atomic mass is 16.5. The van der Waals surface area contributed by atoms with Crippen molar-refractivity contribution in [1.29, 1.82) is 0 Å². The molecular formula is C18H17NO8. The molecule has 9 heteroatoms. The SMILES string of the molecule is COC(=O)c1cc(NC(=O)COC(=O)c2occc2C)cc(C(=O)OC)c1. The normalized spacial score (nSPS) is 10.0. The van der Waals surface area contributed by atoms with E-state index in [0.29, 0.717) is 5.56 Å². The number of hydrogen-bond donors (Lipinski definition) is 1. The van der Waals surface area contributed by atoms with Crippen LogP contribution >= 0.6 is 0 Å². The van der Waals surface area contributed by atoms with Gasteiger partial charge in [-0.3, -0.25) is 4.79 Å². The van der Waals surface area contributed by atoms with Crippen molar-refractivity contribution in [3.05, 3.63) is 53.0 Å². The molecule has 0 aliphatic carbocycles. The molecule has 0 radical (unpaired) electrons. The van der Waals surface area contributed by atoms with Crippen LogP contribution in [0.3, 0.4) is 0 Å². The van der Waals surface area contributed by atoms with E-state index in [1.807, 2.05) is 0 Å². The van der Waals surface area contributed by atoms with Crippen LogP contribution in [0.4, 0.5) is 5.69 Å². The minimum Gasteiger partial charge on any atom is -0.465 e. The Balaban J connectivity index is 2.09. The molecule has 0 saturated heterocycles. The molecule has 0 aliphatic rings. The highest BCUT2D eigenvalue weighted by Gasteiger charge is 2.18. The second-order valence-electron chi connectivity index (χ2n) is 5.34. The fourth-order valence-corrected chi connectivity index (χ4v) is 2.15. The van der Waals surface area contributed by atoms with Crippen molar-refractivity contribution < 1.29 is 37.8 Å². The Kier molecular flexibility index (Phi) is 6.32. The van der Waals surface area contributed by atoms with Gasteiger partial charge in [0.05, 0.1) is 31.6 Å². The number of carbonyl (C=O) groups is 4. The lowest BCUT2D eigenvalue weighted by Gasteiger charge is -2.10. The molecule has 9 nitrogen and oxygen atoms in total. The summed E-state index contributed by atoms with van der Waals surface area (Å²) in [6.45, 7) is 1.07. The Morgan fingerprint density at radius 3 is 2.04 bits per heavy atom. The average molecular weight is 375 g/mol. The molecule has 2 rings (SSSR count). The Hall–Kier alpha value is -3.62. The Labute approximate surface area is 154 Å². The number of furan rings is 1. The van der Waals surface area contributed by atoms with Crippen LogP contribution < -0.4 is 5.32 Å². The summed E-state index contributed by atoms with van der Waals surface area (Å²) in [4.78, 5) is 47.3. The van der Waals surface area contributed by atoms with Crippen molar-refractivity contribution in [2.24, 2.45) is 0 Å². The third kappa shape index (κ3) is 4.94. The van der Waals surface area contributed by atoms with Crippen LogP contribution in [0.15, 0.2) is 34.9 Å². The van der Waals surface area contributed by atoms with E-state index in [4.69, 9.17) is 9.15 Å². The monoisotopic (exact) mass is 375 g/mol. The maximum Gasteiger partial charge on any atom is 0.375 e. The van der Waals surface area contributed by atoms with Gasteiger partial charge in [-0.2, -0.15) is 0 Å². The fraction of sp³-hybridized carbons (Fsp3) is 0.222. The standard InChI is InChI=1S/C18H17NO8/c1-10-4-5-26-15(10)18(23)27-9-14(20)19-13-7-11(16(21)24-2)6-12(8-13)17(22)25-3/h4-8H,9H2,1-3H3,(H,19,20). The lowest BCUT2D eigenvalue weighted by atomic mass is 10.1. The number of benzene rings is 1. The second-order valence-corrected chi connectivity index (χ2v) is 5.34. The number of rotatable bonds is 6.